The molecule has 1 unspecified atom stereocenters. The van der Waals surface area contributed by atoms with Crippen LogP contribution in [0.5, 0.6) is 6.01 Å². The fourth-order valence-electron chi connectivity index (χ4n) is 5.41. The summed E-state index contributed by atoms with van der Waals surface area (Å²) in [6, 6.07) is 1.64. The molecular weight excluding hydrogens is 570 g/mol. The second-order valence-corrected chi connectivity index (χ2v) is 10.5. The van der Waals surface area contributed by atoms with E-state index in [1.54, 1.807) is 9.58 Å². The number of carbonyl (C=O) groups is 1. The number of likely N-dealkylation sites (tertiary alicyclic amines) is 1. The summed E-state index contributed by atoms with van der Waals surface area (Å²) in [4.78, 5) is 25.4. The number of ether oxygens (including phenoxy) is 2. The highest BCUT2D eigenvalue weighted by atomic mass is 35.5. The number of fused-ring (bicyclic) bond motifs is 2. The Bertz CT molecular complexity index is 1530. The van der Waals surface area contributed by atoms with E-state index in [0.717, 1.165) is 18.6 Å². The number of amides is 1. The molecule has 0 aliphatic carbocycles. The largest absolute Gasteiger partial charge is 0.467 e. The van der Waals surface area contributed by atoms with E-state index in [2.05, 4.69) is 15.1 Å². The third kappa shape index (κ3) is 4.82. The lowest BCUT2D eigenvalue weighted by molar-refractivity contribution is -0.140. The molecule has 2 aromatic heterocycles. The summed E-state index contributed by atoms with van der Waals surface area (Å²) in [5.41, 5.74) is 5.17. The van der Waals surface area contributed by atoms with Gasteiger partial charge in [0.1, 0.15) is 5.82 Å². The molecule has 2 N–H and O–H groups in total. The number of nitrogens with two attached hydrogens (primary N) is 1. The van der Waals surface area contributed by atoms with Crippen molar-refractivity contribution in [3.63, 3.8) is 0 Å². The highest BCUT2D eigenvalue weighted by Crippen LogP contribution is 2.43. The van der Waals surface area contributed by atoms with Crippen LogP contribution < -0.4 is 15.4 Å². The number of methoxy groups -OCH3 is 1. The minimum atomic E-state index is -4.81. The summed E-state index contributed by atoms with van der Waals surface area (Å²) in [7, 11) is 1.38. The second-order valence-electron chi connectivity index (χ2n) is 10.1. The predicted molar refractivity (Wildman–Crippen MR) is 139 cm³/mol. The van der Waals surface area contributed by atoms with Gasteiger partial charge in [0.2, 0.25) is 0 Å². The van der Waals surface area contributed by atoms with E-state index in [0.29, 0.717) is 55.4 Å². The number of anilines is 2. The van der Waals surface area contributed by atoms with Crippen LogP contribution in [0, 0.1) is 5.82 Å². The molecule has 3 aliphatic heterocycles. The normalized spacial score (nSPS) is 18.8. The molecular formula is C26H26ClF4N7O3. The predicted octanol–water partition coefficient (Wildman–Crippen LogP) is 4.15. The molecule has 1 amide bonds. The SMILES string of the molecule is COc1nc2c(c(N3CCCn4nc(C(=O)N5CCC5)c(Cl)c4C3)n1)COC(c1c(C(F)(F)F)ccc(N)c1F)C2. The molecule has 41 heavy (non-hydrogen) atoms. The van der Waals surface area contributed by atoms with Crippen molar-refractivity contribution >= 4 is 29.0 Å². The van der Waals surface area contributed by atoms with Crippen LogP contribution in [0.15, 0.2) is 12.1 Å². The second kappa shape index (κ2) is 10.3. The van der Waals surface area contributed by atoms with Gasteiger partial charge in [-0.15, -0.1) is 0 Å². The first-order valence-corrected chi connectivity index (χ1v) is 13.4. The van der Waals surface area contributed by atoms with Crippen LogP contribution in [0.3, 0.4) is 0 Å². The van der Waals surface area contributed by atoms with Crippen molar-refractivity contribution < 1.29 is 31.8 Å². The van der Waals surface area contributed by atoms with E-state index in [9.17, 15) is 18.0 Å². The van der Waals surface area contributed by atoms with Crippen LogP contribution in [0.4, 0.5) is 29.1 Å². The summed E-state index contributed by atoms with van der Waals surface area (Å²) in [5, 5.41) is 4.77. The van der Waals surface area contributed by atoms with Crippen LogP contribution in [0.2, 0.25) is 5.02 Å². The summed E-state index contributed by atoms with van der Waals surface area (Å²) >= 11 is 6.68. The Morgan fingerprint density at radius 3 is 2.61 bits per heavy atom. The van der Waals surface area contributed by atoms with Gasteiger partial charge in [0.15, 0.2) is 11.5 Å². The number of alkyl halides is 3. The number of hydrogen-bond acceptors (Lipinski definition) is 8. The van der Waals surface area contributed by atoms with Crippen molar-refractivity contribution in [2.24, 2.45) is 0 Å². The van der Waals surface area contributed by atoms with E-state index in [1.807, 2.05) is 4.90 Å². The van der Waals surface area contributed by atoms with Crippen molar-refractivity contribution in [2.45, 2.75) is 51.2 Å². The molecule has 0 saturated carbocycles. The highest BCUT2D eigenvalue weighted by Gasteiger charge is 2.40. The lowest BCUT2D eigenvalue weighted by Gasteiger charge is -2.31. The number of nitrogen functional groups attached to an aromatic ring is 1. The molecule has 0 spiro atoms. The molecule has 10 nitrogen and oxygen atoms in total. The first-order chi connectivity index (χ1) is 19.6. The van der Waals surface area contributed by atoms with Crippen LogP contribution in [-0.2, 0) is 37.0 Å². The Hall–Kier alpha value is -3.65. The molecule has 15 heteroatoms. The molecule has 1 aromatic carbocycles. The van der Waals surface area contributed by atoms with Gasteiger partial charge in [0.25, 0.3) is 5.91 Å². The number of benzene rings is 1. The molecule has 6 rings (SSSR count). The number of rotatable bonds is 4. The fourth-order valence-corrected chi connectivity index (χ4v) is 5.68. The molecule has 3 aromatic rings. The van der Waals surface area contributed by atoms with Gasteiger partial charge in [-0.05, 0) is 25.0 Å². The van der Waals surface area contributed by atoms with E-state index in [4.69, 9.17) is 26.8 Å². The molecule has 218 valence electrons. The molecule has 1 atom stereocenters. The van der Waals surface area contributed by atoms with Gasteiger partial charge in [-0.2, -0.15) is 28.2 Å². The zero-order valence-electron chi connectivity index (χ0n) is 22.0. The Balaban J connectivity index is 1.35. The number of halogens is 5. The maximum atomic E-state index is 15.0. The smallest absolute Gasteiger partial charge is 0.416 e. The van der Waals surface area contributed by atoms with Gasteiger partial charge in [-0.25, -0.2) is 4.39 Å². The molecule has 0 bridgehead atoms. The average Bonchev–Trinajstić information content (AvgIpc) is 3.07. The summed E-state index contributed by atoms with van der Waals surface area (Å²) in [6.07, 6.45) is -4.67. The van der Waals surface area contributed by atoms with Gasteiger partial charge < -0.3 is 25.0 Å². The molecule has 1 fully saturated rings. The average molecular weight is 596 g/mol. The standard InChI is InChI=1S/C26H26ClF4N7O3/c1-40-25-33-16-10-18(19-14(26(29,30)31)4-5-15(32)21(19)28)41-12-13(16)23(34-25)37-8-3-9-38-17(11-37)20(27)22(35-38)24(39)36-6-2-7-36/h4-5,18H,2-3,6-12,32H2,1H3. The zero-order valence-corrected chi connectivity index (χ0v) is 22.7. The van der Waals surface area contributed by atoms with Gasteiger partial charge in [0, 0.05) is 43.7 Å². The number of carbonyl (C=O) groups excluding carboxylic acids is 1. The number of aryl methyl sites for hydroxylation is 1. The van der Waals surface area contributed by atoms with Crippen LogP contribution in [0.25, 0.3) is 0 Å². The minimum Gasteiger partial charge on any atom is -0.467 e. The number of hydrogen-bond donors (Lipinski definition) is 1. The fraction of sp³-hybridized carbons (Fsp3) is 0.462. The van der Waals surface area contributed by atoms with Crippen molar-refractivity contribution in [3.8, 4) is 6.01 Å². The molecule has 5 heterocycles. The molecule has 0 radical (unpaired) electrons. The van der Waals surface area contributed by atoms with Gasteiger partial charge in [-0.1, -0.05) is 11.6 Å². The summed E-state index contributed by atoms with van der Waals surface area (Å²) in [5.74, 6) is -0.926. The Kier molecular flexibility index (Phi) is 6.92. The third-order valence-electron chi connectivity index (χ3n) is 7.66. The number of aromatic nitrogens is 4. The van der Waals surface area contributed by atoms with E-state index in [1.165, 1.54) is 7.11 Å². The van der Waals surface area contributed by atoms with E-state index < -0.39 is 34.9 Å². The van der Waals surface area contributed by atoms with Gasteiger partial charge in [0.05, 0.1) is 54.0 Å². The minimum absolute atomic E-state index is 0.000920. The lowest BCUT2D eigenvalue weighted by atomic mass is 9.94. The van der Waals surface area contributed by atoms with Crippen molar-refractivity contribution in [1.29, 1.82) is 0 Å². The van der Waals surface area contributed by atoms with Crippen LogP contribution in [0.1, 0.15) is 57.5 Å². The third-order valence-corrected chi connectivity index (χ3v) is 8.05. The topological polar surface area (TPSA) is 112 Å². The Morgan fingerprint density at radius 2 is 1.93 bits per heavy atom. The Morgan fingerprint density at radius 1 is 1.17 bits per heavy atom. The summed E-state index contributed by atoms with van der Waals surface area (Å²) in [6.45, 7) is 2.48. The first kappa shape index (κ1) is 27.5. The lowest BCUT2D eigenvalue weighted by Crippen LogP contribution is -2.42. The maximum absolute atomic E-state index is 15.0. The van der Waals surface area contributed by atoms with Crippen molar-refractivity contribution in [1.82, 2.24) is 24.6 Å². The van der Waals surface area contributed by atoms with Crippen molar-refractivity contribution in [3.05, 3.63) is 56.7 Å². The quantitative estimate of drug-likeness (QED) is 0.354. The first-order valence-electron chi connectivity index (χ1n) is 13.1. The van der Waals surface area contributed by atoms with E-state index in [-0.39, 0.29) is 42.2 Å². The Labute approximate surface area is 237 Å². The van der Waals surface area contributed by atoms with Gasteiger partial charge >= 0.3 is 12.2 Å². The zero-order chi connectivity index (χ0) is 29.1. The van der Waals surface area contributed by atoms with Crippen LogP contribution >= 0.6 is 11.6 Å². The van der Waals surface area contributed by atoms with Crippen LogP contribution in [-0.4, -0.2) is 57.3 Å². The molecule has 1 saturated heterocycles. The number of nitrogens with zero attached hydrogens (tertiary/aromatic N) is 6. The molecule has 3 aliphatic rings. The van der Waals surface area contributed by atoms with Gasteiger partial charge in [-0.3, -0.25) is 9.48 Å². The monoisotopic (exact) mass is 595 g/mol. The van der Waals surface area contributed by atoms with E-state index >= 15 is 4.39 Å². The summed E-state index contributed by atoms with van der Waals surface area (Å²) < 4.78 is 69.3. The highest BCUT2D eigenvalue weighted by molar-refractivity contribution is 6.34. The maximum Gasteiger partial charge on any atom is 0.416 e. The van der Waals surface area contributed by atoms with Crippen molar-refractivity contribution in [2.75, 3.05) is 37.4 Å².